The Bertz CT molecular complexity index is 1000. The number of carbonyl (C=O) groups is 2. The van der Waals surface area contributed by atoms with Gasteiger partial charge in [-0.05, 0) is 30.3 Å². The number of nitrogens with two attached hydrogens (primary N) is 1. The van der Waals surface area contributed by atoms with Crippen molar-refractivity contribution in [2.24, 2.45) is 0 Å². The second kappa shape index (κ2) is 8.58. The molecule has 0 unspecified atom stereocenters. The van der Waals surface area contributed by atoms with Gasteiger partial charge in [-0.1, -0.05) is 12.2 Å². The molecule has 0 aliphatic rings. The van der Waals surface area contributed by atoms with Crippen LogP contribution in [-0.4, -0.2) is 27.0 Å². The maximum atomic E-state index is 13.1. The zero-order valence-electron chi connectivity index (χ0n) is 14.6. The Morgan fingerprint density at radius 1 is 1.18 bits per heavy atom. The fourth-order valence-corrected chi connectivity index (χ4v) is 2.30. The molecule has 0 saturated heterocycles. The monoisotopic (exact) mass is 380 g/mol. The molecule has 2 aromatic heterocycles. The fraction of sp³-hybridized carbons (Fsp3) is 0.0526. The van der Waals surface area contributed by atoms with Crippen LogP contribution >= 0.6 is 0 Å². The Labute approximate surface area is 159 Å². The Kier molecular flexibility index (Phi) is 5.75. The van der Waals surface area contributed by atoms with Crippen LogP contribution in [0.4, 0.5) is 21.5 Å². The summed E-state index contributed by atoms with van der Waals surface area (Å²) in [4.78, 5) is 28.2. The number of H-pyrrole nitrogens is 1. The summed E-state index contributed by atoms with van der Waals surface area (Å²) in [5, 5.41) is 11.7. The molecule has 0 spiro atoms. The molecular formula is C19H17FN6O2. The standard InChI is InChI=1S/C19H17FN6O2/c20-13-4-6-16(15(21)8-13)26-19(28)17-7-5-14(11-22-17)25-18(27)3-1-2-12-9-23-24-10-12/h1-2,4-11H,3,21H2,(H,23,24)(H,25,27)(H,26,28)/b2-1+. The van der Waals surface area contributed by atoms with Crippen LogP contribution < -0.4 is 16.4 Å². The molecule has 9 heteroatoms. The van der Waals surface area contributed by atoms with Gasteiger partial charge in [0.2, 0.25) is 5.91 Å². The number of rotatable bonds is 6. The number of pyridine rings is 1. The van der Waals surface area contributed by atoms with Gasteiger partial charge in [-0.25, -0.2) is 9.37 Å². The van der Waals surface area contributed by atoms with Crippen LogP contribution in [0.15, 0.2) is 55.0 Å². The van der Waals surface area contributed by atoms with Crippen molar-refractivity contribution < 1.29 is 14.0 Å². The van der Waals surface area contributed by atoms with Gasteiger partial charge < -0.3 is 16.4 Å². The molecular weight excluding hydrogens is 363 g/mol. The number of aromatic amines is 1. The van der Waals surface area contributed by atoms with Crippen LogP contribution in [0.2, 0.25) is 0 Å². The lowest BCUT2D eigenvalue weighted by atomic mass is 10.2. The summed E-state index contributed by atoms with van der Waals surface area (Å²) in [6, 6.07) is 6.70. The van der Waals surface area contributed by atoms with Crippen molar-refractivity contribution in [2.45, 2.75) is 6.42 Å². The molecule has 0 radical (unpaired) electrons. The van der Waals surface area contributed by atoms with E-state index in [0.717, 1.165) is 11.6 Å². The topological polar surface area (TPSA) is 126 Å². The zero-order chi connectivity index (χ0) is 19.9. The second-order valence-corrected chi connectivity index (χ2v) is 5.80. The van der Waals surface area contributed by atoms with Gasteiger partial charge in [-0.2, -0.15) is 5.10 Å². The number of aromatic nitrogens is 3. The van der Waals surface area contributed by atoms with E-state index >= 15 is 0 Å². The van der Waals surface area contributed by atoms with E-state index in [0.29, 0.717) is 5.69 Å². The van der Waals surface area contributed by atoms with Gasteiger partial charge in [-0.3, -0.25) is 14.7 Å². The quantitative estimate of drug-likeness (QED) is 0.489. The summed E-state index contributed by atoms with van der Waals surface area (Å²) >= 11 is 0. The van der Waals surface area contributed by atoms with Gasteiger partial charge in [0.05, 0.1) is 29.5 Å². The third-order valence-electron chi connectivity index (χ3n) is 3.67. The van der Waals surface area contributed by atoms with E-state index in [9.17, 15) is 14.0 Å². The average Bonchev–Trinajstić information content (AvgIpc) is 3.18. The highest BCUT2D eigenvalue weighted by atomic mass is 19.1. The summed E-state index contributed by atoms with van der Waals surface area (Å²) in [6.07, 6.45) is 8.39. The summed E-state index contributed by atoms with van der Waals surface area (Å²) in [5.41, 5.74) is 7.51. The van der Waals surface area contributed by atoms with Crippen LogP contribution in [0.3, 0.4) is 0 Å². The first-order valence-electron chi connectivity index (χ1n) is 8.29. The largest absolute Gasteiger partial charge is 0.397 e. The van der Waals surface area contributed by atoms with Crippen molar-refractivity contribution in [1.29, 1.82) is 0 Å². The number of carbonyl (C=O) groups excluding carboxylic acids is 2. The minimum atomic E-state index is -0.501. The normalized spacial score (nSPS) is 10.8. The molecule has 1 aromatic carbocycles. The first-order chi connectivity index (χ1) is 13.5. The SMILES string of the molecule is Nc1cc(F)ccc1NC(=O)c1ccc(NC(=O)C/C=C/c2cn[nH]c2)cn1. The Balaban J connectivity index is 1.55. The zero-order valence-corrected chi connectivity index (χ0v) is 14.6. The molecule has 0 bridgehead atoms. The number of halogens is 1. The number of nitrogens with zero attached hydrogens (tertiary/aromatic N) is 2. The molecule has 0 aliphatic heterocycles. The van der Waals surface area contributed by atoms with Gasteiger partial charge in [0.1, 0.15) is 11.5 Å². The third-order valence-corrected chi connectivity index (χ3v) is 3.67. The summed E-state index contributed by atoms with van der Waals surface area (Å²) < 4.78 is 13.1. The van der Waals surface area contributed by atoms with Crippen molar-refractivity contribution >= 4 is 35.0 Å². The van der Waals surface area contributed by atoms with E-state index in [2.05, 4.69) is 25.8 Å². The minimum Gasteiger partial charge on any atom is -0.397 e. The van der Waals surface area contributed by atoms with Gasteiger partial charge >= 0.3 is 0 Å². The number of hydrogen-bond donors (Lipinski definition) is 4. The molecule has 0 aliphatic carbocycles. The van der Waals surface area contributed by atoms with Crippen molar-refractivity contribution in [3.05, 3.63) is 72.1 Å². The molecule has 0 saturated carbocycles. The number of nitrogen functional groups attached to an aromatic ring is 1. The Morgan fingerprint density at radius 2 is 2.04 bits per heavy atom. The van der Waals surface area contributed by atoms with Crippen LogP contribution in [0.5, 0.6) is 0 Å². The lowest BCUT2D eigenvalue weighted by Crippen LogP contribution is -2.15. The molecule has 2 amide bonds. The van der Waals surface area contributed by atoms with Gasteiger partial charge in [-0.15, -0.1) is 0 Å². The second-order valence-electron chi connectivity index (χ2n) is 5.80. The Hall–Kier alpha value is -4.01. The number of benzene rings is 1. The number of hydrogen-bond acceptors (Lipinski definition) is 5. The van der Waals surface area contributed by atoms with E-state index in [1.165, 1.54) is 24.4 Å². The summed E-state index contributed by atoms with van der Waals surface area (Å²) in [6.45, 7) is 0. The van der Waals surface area contributed by atoms with E-state index in [4.69, 9.17) is 5.73 Å². The first kappa shape index (κ1) is 18.8. The molecule has 5 N–H and O–H groups in total. The molecule has 3 rings (SSSR count). The molecule has 0 atom stereocenters. The molecule has 3 aromatic rings. The minimum absolute atomic E-state index is 0.112. The van der Waals surface area contributed by atoms with E-state index < -0.39 is 11.7 Å². The smallest absolute Gasteiger partial charge is 0.274 e. The van der Waals surface area contributed by atoms with Gasteiger partial charge in [0, 0.05) is 18.2 Å². The summed E-state index contributed by atoms with van der Waals surface area (Å²) in [5.74, 6) is -1.22. The highest BCUT2D eigenvalue weighted by Gasteiger charge is 2.10. The predicted molar refractivity (Wildman–Crippen MR) is 104 cm³/mol. The van der Waals surface area contributed by atoms with Crippen LogP contribution in [0.25, 0.3) is 6.08 Å². The number of amides is 2. The van der Waals surface area contributed by atoms with Crippen molar-refractivity contribution in [3.8, 4) is 0 Å². The molecule has 0 fully saturated rings. The Morgan fingerprint density at radius 3 is 2.71 bits per heavy atom. The maximum Gasteiger partial charge on any atom is 0.274 e. The van der Waals surface area contributed by atoms with Gasteiger partial charge in [0.25, 0.3) is 5.91 Å². The third kappa shape index (κ3) is 5.01. The van der Waals surface area contributed by atoms with Crippen molar-refractivity contribution in [1.82, 2.24) is 15.2 Å². The van der Waals surface area contributed by atoms with Crippen molar-refractivity contribution in [2.75, 3.05) is 16.4 Å². The van der Waals surface area contributed by atoms with Crippen molar-refractivity contribution in [3.63, 3.8) is 0 Å². The fourth-order valence-electron chi connectivity index (χ4n) is 2.30. The summed E-state index contributed by atoms with van der Waals surface area (Å²) in [7, 11) is 0. The van der Waals surface area contributed by atoms with Gasteiger partial charge in [0.15, 0.2) is 0 Å². The van der Waals surface area contributed by atoms with E-state index in [-0.39, 0.29) is 29.4 Å². The highest BCUT2D eigenvalue weighted by Crippen LogP contribution is 2.20. The highest BCUT2D eigenvalue weighted by molar-refractivity contribution is 6.04. The molecule has 2 heterocycles. The number of nitrogens with one attached hydrogen (secondary N) is 3. The van der Waals surface area contributed by atoms with Crippen LogP contribution in [-0.2, 0) is 4.79 Å². The molecule has 8 nitrogen and oxygen atoms in total. The maximum absolute atomic E-state index is 13.1. The molecule has 142 valence electrons. The lowest BCUT2D eigenvalue weighted by Gasteiger charge is -2.08. The molecule has 28 heavy (non-hydrogen) atoms. The predicted octanol–water partition coefficient (Wildman–Crippen LogP) is 2.82. The first-order valence-corrected chi connectivity index (χ1v) is 8.29. The van der Waals surface area contributed by atoms with Crippen LogP contribution in [0.1, 0.15) is 22.5 Å². The van der Waals surface area contributed by atoms with Crippen LogP contribution in [0, 0.1) is 5.82 Å². The van der Waals surface area contributed by atoms with E-state index in [1.807, 2.05) is 0 Å². The lowest BCUT2D eigenvalue weighted by molar-refractivity contribution is -0.115. The number of anilines is 3. The average molecular weight is 380 g/mol. The van der Waals surface area contributed by atoms with E-state index in [1.54, 1.807) is 30.6 Å².